The minimum absolute atomic E-state index is 0.231. The molecule has 0 atom stereocenters. The number of aryl methyl sites for hydroxylation is 1. The molecule has 29 heavy (non-hydrogen) atoms. The summed E-state index contributed by atoms with van der Waals surface area (Å²) in [6.07, 6.45) is 2.61. The molecule has 2 aliphatic rings. The third kappa shape index (κ3) is 3.07. The highest BCUT2D eigenvalue weighted by molar-refractivity contribution is 6.10. The van der Waals surface area contributed by atoms with Crippen LogP contribution in [-0.4, -0.2) is 29.5 Å². The molecule has 2 aliphatic heterocycles. The van der Waals surface area contributed by atoms with Crippen LogP contribution >= 0.6 is 0 Å². The zero-order valence-electron chi connectivity index (χ0n) is 15.3. The fraction of sp³-hybridized carbons (Fsp3) is 0.150. The lowest BCUT2D eigenvalue weighted by Crippen LogP contribution is -2.44. The van der Waals surface area contributed by atoms with E-state index in [1.54, 1.807) is 12.1 Å². The summed E-state index contributed by atoms with van der Waals surface area (Å²) in [5.41, 5.74) is 4.20. The van der Waals surface area contributed by atoms with E-state index in [1.165, 1.54) is 47.2 Å². The lowest BCUT2D eigenvalue weighted by molar-refractivity contribution is -0.173. The molecule has 2 aromatic rings. The van der Waals surface area contributed by atoms with Crippen LogP contribution in [0.25, 0.3) is 0 Å². The molecule has 9 heteroatoms. The second-order valence-corrected chi connectivity index (χ2v) is 6.60. The van der Waals surface area contributed by atoms with Gasteiger partial charge in [-0.15, -0.1) is 0 Å². The number of ether oxygens (including phenoxy) is 2. The normalized spacial score (nSPS) is 15.7. The second-order valence-electron chi connectivity index (χ2n) is 6.60. The van der Waals surface area contributed by atoms with Crippen LogP contribution in [0.2, 0.25) is 0 Å². The first kappa shape index (κ1) is 18.5. The summed E-state index contributed by atoms with van der Waals surface area (Å²) in [6.45, 7) is 1.64. The van der Waals surface area contributed by atoms with Crippen molar-refractivity contribution < 1.29 is 29.1 Å². The monoisotopic (exact) mass is 395 g/mol. The van der Waals surface area contributed by atoms with Gasteiger partial charge in [-0.2, -0.15) is 0 Å². The van der Waals surface area contributed by atoms with Crippen LogP contribution in [0.4, 0.5) is 11.4 Å². The number of hydrogen-bond donors (Lipinski definition) is 3. The molecule has 4 rings (SSSR count). The zero-order valence-corrected chi connectivity index (χ0v) is 15.3. The van der Waals surface area contributed by atoms with Gasteiger partial charge < -0.3 is 14.8 Å². The van der Waals surface area contributed by atoms with Gasteiger partial charge in [0.15, 0.2) is 0 Å². The quantitative estimate of drug-likeness (QED) is 0.537. The number of amides is 3. The topological polar surface area (TPSA) is 117 Å². The molecule has 1 spiro atoms. The molecule has 0 saturated heterocycles. The number of rotatable bonds is 4. The summed E-state index contributed by atoms with van der Waals surface area (Å²) < 4.78 is 11.0. The van der Waals surface area contributed by atoms with Gasteiger partial charge in [-0.25, -0.2) is 5.48 Å². The number of nitrogens with zero attached hydrogens (tertiary/aromatic N) is 1. The Morgan fingerprint density at radius 1 is 1.10 bits per heavy atom. The van der Waals surface area contributed by atoms with E-state index in [1.807, 2.05) is 13.0 Å². The molecule has 0 radical (unpaired) electrons. The van der Waals surface area contributed by atoms with E-state index < -0.39 is 23.5 Å². The lowest BCUT2D eigenvalue weighted by Gasteiger charge is -2.22. The summed E-state index contributed by atoms with van der Waals surface area (Å²) in [4.78, 5) is 38.2. The Morgan fingerprint density at radius 3 is 2.45 bits per heavy atom. The van der Waals surface area contributed by atoms with Crippen molar-refractivity contribution >= 4 is 29.1 Å². The average Bonchev–Trinajstić information content (AvgIpc) is 3.29. The molecular formula is C20H17N3O6. The van der Waals surface area contributed by atoms with E-state index in [0.29, 0.717) is 16.9 Å². The van der Waals surface area contributed by atoms with Crippen LogP contribution in [0.5, 0.6) is 0 Å². The van der Waals surface area contributed by atoms with Crippen molar-refractivity contribution in [1.82, 2.24) is 5.48 Å². The number of hydrogen-bond acceptors (Lipinski definition) is 6. The number of nitrogens with one attached hydrogen (secondary N) is 2. The molecule has 2 heterocycles. The molecule has 2 aromatic carbocycles. The molecule has 0 aliphatic carbocycles. The minimum Gasteiger partial charge on any atom is -0.445 e. The van der Waals surface area contributed by atoms with E-state index in [0.717, 1.165) is 5.56 Å². The smallest absolute Gasteiger partial charge is 0.361 e. The molecular weight excluding hydrogens is 378 g/mol. The SMILES string of the molecule is Cc1ccc2c(c1)C1(OC=CO1)C(=O)N2CC(=O)Nc1ccc(C(=O)NO)cc1. The van der Waals surface area contributed by atoms with Crippen LogP contribution in [0.15, 0.2) is 55.0 Å². The van der Waals surface area contributed by atoms with Gasteiger partial charge in [0, 0.05) is 11.3 Å². The largest absolute Gasteiger partial charge is 0.445 e. The van der Waals surface area contributed by atoms with E-state index in [2.05, 4.69) is 5.32 Å². The first-order valence-electron chi connectivity index (χ1n) is 8.73. The molecule has 0 aromatic heterocycles. The first-order valence-corrected chi connectivity index (χ1v) is 8.73. The summed E-state index contributed by atoms with van der Waals surface area (Å²) in [6, 6.07) is 11.3. The second kappa shape index (κ2) is 6.95. The Kier molecular flexibility index (Phi) is 4.44. The maximum atomic E-state index is 13.0. The van der Waals surface area contributed by atoms with Crippen molar-refractivity contribution in [2.24, 2.45) is 0 Å². The van der Waals surface area contributed by atoms with Crippen LogP contribution in [-0.2, 0) is 24.8 Å². The summed E-state index contributed by atoms with van der Waals surface area (Å²) in [7, 11) is 0. The Morgan fingerprint density at radius 2 is 1.79 bits per heavy atom. The molecule has 0 bridgehead atoms. The van der Waals surface area contributed by atoms with E-state index in [-0.39, 0.29) is 12.1 Å². The van der Waals surface area contributed by atoms with Crippen molar-refractivity contribution in [2.45, 2.75) is 12.7 Å². The lowest BCUT2D eigenvalue weighted by atomic mass is 10.0. The Labute approximate surface area is 165 Å². The predicted octanol–water partition coefficient (Wildman–Crippen LogP) is 1.77. The highest BCUT2D eigenvalue weighted by Gasteiger charge is 2.57. The average molecular weight is 395 g/mol. The number of carbonyl (C=O) groups excluding carboxylic acids is 3. The van der Waals surface area contributed by atoms with Crippen molar-refractivity contribution in [3.05, 3.63) is 71.7 Å². The zero-order chi connectivity index (χ0) is 20.6. The molecule has 3 N–H and O–H groups in total. The Balaban J connectivity index is 1.53. The molecule has 9 nitrogen and oxygen atoms in total. The standard InChI is InChI=1S/C20H17N3O6/c1-12-2-7-16-15(10-12)20(28-8-9-29-20)19(26)23(16)11-17(24)21-14-5-3-13(4-6-14)18(25)22-27/h2-10,27H,11H2,1H3,(H,21,24)(H,22,25). The van der Waals surface area contributed by atoms with Gasteiger partial charge >= 0.3 is 11.7 Å². The summed E-state index contributed by atoms with van der Waals surface area (Å²) in [5.74, 6) is -3.19. The molecule has 0 unspecified atom stereocenters. The third-order valence-electron chi connectivity index (χ3n) is 4.68. The van der Waals surface area contributed by atoms with Crippen molar-refractivity contribution in [2.75, 3.05) is 16.8 Å². The number of benzene rings is 2. The molecule has 148 valence electrons. The van der Waals surface area contributed by atoms with Gasteiger partial charge in [0.2, 0.25) is 5.91 Å². The number of carbonyl (C=O) groups is 3. The van der Waals surface area contributed by atoms with Crippen molar-refractivity contribution in [3.63, 3.8) is 0 Å². The number of hydroxylamine groups is 1. The highest BCUT2D eigenvalue weighted by atomic mass is 16.7. The van der Waals surface area contributed by atoms with Crippen LogP contribution in [0.1, 0.15) is 21.5 Å². The predicted molar refractivity (Wildman–Crippen MR) is 101 cm³/mol. The highest BCUT2D eigenvalue weighted by Crippen LogP contribution is 2.46. The van der Waals surface area contributed by atoms with Gasteiger partial charge in [-0.1, -0.05) is 11.6 Å². The summed E-state index contributed by atoms with van der Waals surface area (Å²) in [5, 5.41) is 11.3. The Bertz CT molecular complexity index is 1020. The van der Waals surface area contributed by atoms with E-state index in [9.17, 15) is 14.4 Å². The van der Waals surface area contributed by atoms with Crippen LogP contribution in [0, 0.1) is 6.92 Å². The molecule has 0 saturated carbocycles. The molecule has 0 fully saturated rings. The van der Waals surface area contributed by atoms with Gasteiger partial charge in [0.05, 0.1) is 11.3 Å². The van der Waals surface area contributed by atoms with E-state index in [4.69, 9.17) is 14.7 Å². The van der Waals surface area contributed by atoms with Crippen molar-refractivity contribution in [1.29, 1.82) is 0 Å². The van der Waals surface area contributed by atoms with Gasteiger partial charge in [-0.05, 0) is 43.3 Å². The number of fused-ring (bicyclic) bond motifs is 2. The Hall–Kier alpha value is -3.85. The fourth-order valence-corrected chi connectivity index (χ4v) is 3.32. The van der Waals surface area contributed by atoms with Crippen LogP contribution < -0.4 is 15.7 Å². The van der Waals surface area contributed by atoms with Crippen LogP contribution in [0.3, 0.4) is 0 Å². The van der Waals surface area contributed by atoms with Gasteiger partial charge in [0.1, 0.15) is 19.1 Å². The third-order valence-corrected chi connectivity index (χ3v) is 4.68. The van der Waals surface area contributed by atoms with Crippen molar-refractivity contribution in [3.8, 4) is 0 Å². The van der Waals surface area contributed by atoms with Gasteiger partial charge in [-0.3, -0.25) is 24.5 Å². The maximum Gasteiger partial charge on any atom is 0.361 e. The fourth-order valence-electron chi connectivity index (χ4n) is 3.32. The number of anilines is 2. The van der Waals surface area contributed by atoms with Gasteiger partial charge in [0.25, 0.3) is 5.91 Å². The first-order chi connectivity index (χ1) is 13.9. The minimum atomic E-state index is -1.60. The maximum absolute atomic E-state index is 13.0. The summed E-state index contributed by atoms with van der Waals surface area (Å²) >= 11 is 0. The van der Waals surface area contributed by atoms with E-state index >= 15 is 0 Å². The molecule has 3 amide bonds.